The highest BCUT2D eigenvalue weighted by Crippen LogP contribution is 2.31. The van der Waals surface area contributed by atoms with Crippen LogP contribution in [0, 0.1) is 0 Å². The van der Waals surface area contributed by atoms with Crippen LogP contribution in [0.1, 0.15) is 10.4 Å². The molecule has 0 aliphatic heterocycles. The van der Waals surface area contributed by atoms with Gasteiger partial charge in [-0.05, 0) is 36.5 Å². The van der Waals surface area contributed by atoms with E-state index in [1.54, 1.807) is 24.3 Å². The molecule has 0 aliphatic rings. The predicted molar refractivity (Wildman–Crippen MR) is 79.6 cm³/mol. The molecule has 1 amide bonds. The average molecular weight is 340 g/mol. The Balaban J connectivity index is 2.84. The molecule has 0 bridgehead atoms. The first-order valence-corrected chi connectivity index (χ1v) is 6.51. The lowest BCUT2D eigenvalue weighted by atomic mass is 10.2. The van der Waals surface area contributed by atoms with Crippen molar-refractivity contribution in [2.24, 2.45) is 4.99 Å². The number of isothiocyanates is 1. The van der Waals surface area contributed by atoms with Gasteiger partial charge in [-0.1, -0.05) is 34.8 Å². The van der Waals surface area contributed by atoms with Crippen molar-refractivity contribution in [2.75, 3.05) is 7.11 Å². The zero-order chi connectivity index (χ0) is 14.5. The van der Waals surface area contributed by atoms with Crippen LogP contribution in [0.15, 0.2) is 29.3 Å². The molecule has 1 aromatic rings. The number of hydrogen-bond donors (Lipinski definition) is 1. The quantitative estimate of drug-likeness (QED) is 0.520. The molecule has 0 spiro atoms. The van der Waals surface area contributed by atoms with Gasteiger partial charge in [0.25, 0.3) is 5.91 Å². The third-order valence-corrected chi connectivity index (χ3v) is 2.84. The summed E-state index contributed by atoms with van der Waals surface area (Å²) in [5.41, 5.74) is 0.375. The first-order valence-electron chi connectivity index (χ1n) is 4.97. The number of nitrogens with one attached hydrogen (secondary N) is 1. The maximum absolute atomic E-state index is 11.9. The summed E-state index contributed by atoms with van der Waals surface area (Å²) in [4.78, 5) is 15.5. The van der Waals surface area contributed by atoms with Gasteiger partial charge < -0.3 is 10.1 Å². The third-order valence-electron chi connectivity index (χ3n) is 2.11. The van der Waals surface area contributed by atoms with Crippen molar-refractivity contribution in [1.82, 2.24) is 5.32 Å². The number of nitrogens with zero attached hydrogens (tertiary/aromatic N) is 1. The molecule has 0 fully saturated rings. The molecule has 0 saturated carbocycles. The first kappa shape index (κ1) is 16.2. The molecule has 19 heavy (non-hydrogen) atoms. The lowest BCUT2D eigenvalue weighted by Crippen LogP contribution is -2.42. The Morgan fingerprint density at radius 3 is 2.42 bits per heavy atom. The molecular formula is C11H9Cl3N2O2S. The van der Waals surface area contributed by atoms with Gasteiger partial charge in [-0.15, -0.1) is 0 Å². The molecule has 4 nitrogen and oxygen atoms in total. The minimum Gasteiger partial charge on any atom is -0.497 e. The Hall–Kier alpha value is -0.840. The summed E-state index contributed by atoms with van der Waals surface area (Å²) in [6, 6.07) is 6.43. The van der Waals surface area contributed by atoms with Crippen molar-refractivity contribution in [3.63, 3.8) is 0 Å². The Morgan fingerprint density at radius 2 is 2.00 bits per heavy atom. The van der Waals surface area contributed by atoms with E-state index in [2.05, 4.69) is 27.7 Å². The molecule has 102 valence electrons. The van der Waals surface area contributed by atoms with Gasteiger partial charge >= 0.3 is 0 Å². The molecule has 0 aliphatic carbocycles. The standard InChI is InChI=1S/C11H9Cl3N2O2S/c1-18-8-4-2-7(3-5-8)9(17)16-10(15-6-19)11(12,13)14/h2-5,10H,1H3,(H,16,17)/t10-/m1/s1. The predicted octanol–water partition coefficient (Wildman–Crippen LogP) is 3.22. The Bertz CT molecular complexity index is 496. The first-order chi connectivity index (χ1) is 8.88. The van der Waals surface area contributed by atoms with Crippen LogP contribution in [0.25, 0.3) is 0 Å². The second-order valence-corrected chi connectivity index (χ2v) is 5.92. The van der Waals surface area contributed by atoms with E-state index < -0.39 is 15.9 Å². The van der Waals surface area contributed by atoms with Crippen molar-refractivity contribution in [3.05, 3.63) is 29.8 Å². The highest BCUT2D eigenvalue weighted by atomic mass is 35.6. The maximum atomic E-state index is 11.9. The molecule has 8 heteroatoms. The van der Waals surface area contributed by atoms with Gasteiger partial charge in [0.15, 0.2) is 6.17 Å². The number of benzene rings is 1. The van der Waals surface area contributed by atoms with Gasteiger partial charge in [0.05, 0.1) is 12.3 Å². The Kier molecular flexibility index (Phi) is 6.04. The third kappa shape index (κ3) is 4.97. The van der Waals surface area contributed by atoms with Crippen LogP contribution < -0.4 is 10.1 Å². The van der Waals surface area contributed by atoms with Crippen molar-refractivity contribution >= 4 is 58.1 Å². The van der Waals surface area contributed by atoms with Crippen LogP contribution in [-0.4, -0.2) is 28.1 Å². The number of alkyl halides is 3. The second-order valence-electron chi connectivity index (χ2n) is 3.37. The normalized spacial score (nSPS) is 12.2. The highest BCUT2D eigenvalue weighted by Gasteiger charge is 2.33. The number of aliphatic imine (C=N–C) groups is 1. The Labute approximate surface area is 130 Å². The minimum absolute atomic E-state index is 0.375. The summed E-state index contributed by atoms with van der Waals surface area (Å²) >= 11 is 21.5. The number of carbonyl (C=O) groups is 1. The number of ether oxygens (including phenoxy) is 1. The van der Waals surface area contributed by atoms with E-state index in [0.717, 1.165) is 0 Å². The molecule has 1 rings (SSSR count). The lowest BCUT2D eigenvalue weighted by molar-refractivity contribution is 0.0939. The average Bonchev–Trinajstić information content (AvgIpc) is 2.37. The van der Waals surface area contributed by atoms with Crippen LogP contribution >= 0.6 is 47.0 Å². The molecule has 0 radical (unpaired) electrons. The van der Waals surface area contributed by atoms with E-state index in [1.165, 1.54) is 7.11 Å². The summed E-state index contributed by atoms with van der Waals surface area (Å²) in [5, 5.41) is 4.51. The van der Waals surface area contributed by atoms with Crippen molar-refractivity contribution in [1.29, 1.82) is 0 Å². The van der Waals surface area contributed by atoms with Crippen LogP contribution in [0.4, 0.5) is 0 Å². The van der Waals surface area contributed by atoms with E-state index >= 15 is 0 Å². The summed E-state index contributed by atoms with van der Waals surface area (Å²) in [7, 11) is 1.53. The number of rotatable bonds is 4. The van der Waals surface area contributed by atoms with Crippen molar-refractivity contribution in [2.45, 2.75) is 9.96 Å². The lowest BCUT2D eigenvalue weighted by Gasteiger charge is -2.20. The zero-order valence-corrected chi connectivity index (χ0v) is 12.8. The maximum Gasteiger partial charge on any atom is 0.253 e. The zero-order valence-electron chi connectivity index (χ0n) is 9.69. The van der Waals surface area contributed by atoms with E-state index in [1.807, 2.05) is 0 Å². The molecule has 0 unspecified atom stereocenters. The molecular weight excluding hydrogens is 331 g/mol. The highest BCUT2D eigenvalue weighted by molar-refractivity contribution is 7.78. The molecule has 1 atom stereocenters. The second kappa shape index (κ2) is 7.08. The van der Waals surface area contributed by atoms with Crippen LogP contribution in [-0.2, 0) is 0 Å². The van der Waals surface area contributed by atoms with E-state index in [9.17, 15) is 4.79 Å². The van der Waals surface area contributed by atoms with Gasteiger partial charge in [0.1, 0.15) is 5.75 Å². The SMILES string of the molecule is COc1ccc(C(=O)N[C@@H](N=C=S)C(Cl)(Cl)Cl)cc1. The monoisotopic (exact) mass is 338 g/mol. The van der Waals surface area contributed by atoms with Crippen molar-refractivity contribution in [3.8, 4) is 5.75 Å². The fourth-order valence-electron chi connectivity index (χ4n) is 1.19. The fraction of sp³-hybridized carbons (Fsp3) is 0.273. The van der Waals surface area contributed by atoms with E-state index in [0.29, 0.717) is 11.3 Å². The summed E-state index contributed by atoms with van der Waals surface area (Å²) < 4.78 is 3.17. The largest absolute Gasteiger partial charge is 0.497 e. The molecule has 0 saturated heterocycles. The van der Waals surface area contributed by atoms with Gasteiger partial charge in [-0.2, -0.15) is 0 Å². The number of halogens is 3. The molecule has 1 N–H and O–H groups in total. The van der Waals surface area contributed by atoms with Crippen LogP contribution in [0.5, 0.6) is 5.75 Å². The van der Waals surface area contributed by atoms with E-state index in [-0.39, 0.29) is 0 Å². The molecule has 1 aromatic carbocycles. The topological polar surface area (TPSA) is 50.7 Å². The Morgan fingerprint density at radius 1 is 1.42 bits per heavy atom. The van der Waals surface area contributed by atoms with Crippen molar-refractivity contribution < 1.29 is 9.53 Å². The van der Waals surface area contributed by atoms with Gasteiger partial charge in [-0.3, -0.25) is 4.79 Å². The number of thiocarbonyl (C=S) groups is 1. The van der Waals surface area contributed by atoms with Crippen LogP contribution in [0.3, 0.4) is 0 Å². The minimum atomic E-state index is -1.81. The van der Waals surface area contributed by atoms with Crippen LogP contribution in [0.2, 0.25) is 0 Å². The summed E-state index contributed by atoms with van der Waals surface area (Å²) in [6.07, 6.45) is -1.11. The van der Waals surface area contributed by atoms with E-state index in [4.69, 9.17) is 39.5 Å². The fourth-order valence-corrected chi connectivity index (χ4v) is 1.61. The molecule has 0 heterocycles. The smallest absolute Gasteiger partial charge is 0.253 e. The van der Waals surface area contributed by atoms with Gasteiger partial charge in [0, 0.05) is 5.56 Å². The number of hydrogen-bond acceptors (Lipinski definition) is 4. The summed E-state index contributed by atoms with van der Waals surface area (Å²) in [5.74, 6) is 0.180. The summed E-state index contributed by atoms with van der Waals surface area (Å²) in [6.45, 7) is 0. The molecule has 0 aromatic heterocycles. The number of carbonyl (C=O) groups excluding carboxylic acids is 1. The number of methoxy groups -OCH3 is 1. The van der Waals surface area contributed by atoms with Gasteiger partial charge in [-0.25, -0.2) is 4.99 Å². The number of amides is 1. The van der Waals surface area contributed by atoms with Gasteiger partial charge in [0.2, 0.25) is 3.79 Å².